The average Bonchev–Trinajstić information content (AvgIpc) is 2.27. The van der Waals surface area contributed by atoms with E-state index < -0.39 is 5.97 Å². The Morgan fingerprint density at radius 2 is 2.12 bits per heavy atom. The molecule has 0 saturated heterocycles. The Morgan fingerprint density at radius 3 is 2.62 bits per heavy atom. The highest BCUT2D eigenvalue weighted by Crippen LogP contribution is 2.22. The number of hydrogen-bond donors (Lipinski definition) is 0. The number of esters is 1. The van der Waals surface area contributed by atoms with E-state index in [1.54, 1.807) is 6.07 Å². The van der Waals surface area contributed by atoms with Gasteiger partial charge in [-0.25, -0.2) is 4.79 Å². The van der Waals surface area contributed by atoms with Gasteiger partial charge in [-0.1, -0.05) is 0 Å². The molecule has 0 radical (unpaired) electrons. The fourth-order valence-corrected chi connectivity index (χ4v) is 1.22. The van der Waals surface area contributed by atoms with Gasteiger partial charge in [-0.05, 0) is 32.0 Å². The number of nitriles is 1. The van der Waals surface area contributed by atoms with Gasteiger partial charge in [0.05, 0.1) is 24.8 Å². The second-order valence-corrected chi connectivity index (χ2v) is 3.48. The van der Waals surface area contributed by atoms with E-state index in [0.717, 1.165) is 0 Å². The fourth-order valence-electron chi connectivity index (χ4n) is 1.22. The first-order valence-corrected chi connectivity index (χ1v) is 4.87. The largest absolute Gasteiger partial charge is 0.490 e. The second-order valence-electron chi connectivity index (χ2n) is 3.48. The van der Waals surface area contributed by atoms with Crippen LogP contribution in [0.5, 0.6) is 5.75 Å². The third-order valence-corrected chi connectivity index (χ3v) is 1.88. The molecule has 0 unspecified atom stereocenters. The van der Waals surface area contributed by atoms with Crippen LogP contribution >= 0.6 is 0 Å². The van der Waals surface area contributed by atoms with Gasteiger partial charge in [0.15, 0.2) is 0 Å². The summed E-state index contributed by atoms with van der Waals surface area (Å²) in [7, 11) is 1.31. The van der Waals surface area contributed by atoms with Crippen molar-refractivity contribution in [3.8, 4) is 11.8 Å². The van der Waals surface area contributed by atoms with Crippen LogP contribution in [0, 0.1) is 11.3 Å². The Morgan fingerprint density at radius 1 is 1.44 bits per heavy atom. The number of ether oxygens (including phenoxy) is 2. The summed E-state index contributed by atoms with van der Waals surface area (Å²) in [6.45, 7) is 3.69. The molecular weight excluding hydrogens is 206 g/mol. The number of carbonyl (C=O) groups is 1. The lowest BCUT2D eigenvalue weighted by Crippen LogP contribution is -2.11. The van der Waals surface area contributed by atoms with Crippen LogP contribution < -0.4 is 4.74 Å². The molecule has 0 N–H and O–H groups in total. The Kier molecular flexibility index (Phi) is 3.90. The number of methoxy groups -OCH3 is 1. The first-order chi connectivity index (χ1) is 7.58. The molecule has 0 aromatic heterocycles. The molecule has 0 aliphatic carbocycles. The molecule has 4 nitrogen and oxygen atoms in total. The number of benzene rings is 1. The summed E-state index contributed by atoms with van der Waals surface area (Å²) >= 11 is 0. The molecule has 0 atom stereocenters. The van der Waals surface area contributed by atoms with Gasteiger partial charge >= 0.3 is 5.97 Å². The molecule has 84 valence electrons. The molecule has 0 spiro atoms. The van der Waals surface area contributed by atoms with Crippen molar-refractivity contribution in [2.24, 2.45) is 0 Å². The summed E-state index contributed by atoms with van der Waals surface area (Å²) in [4.78, 5) is 11.4. The van der Waals surface area contributed by atoms with Crippen molar-refractivity contribution in [1.29, 1.82) is 5.26 Å². The first-order valence-electron chi connectivity index (χ1n) is 4.87. The van der Waals surface area contributed by atoms with Crippen molar-refractivity contribution in [1.82, 2.24) is 0 Å². The van der Waals surface area contributed by atoms with Crippen LogP contribution in [-0.2, 0) is 4.74 Å². The van der Waals surface area contributed by atoms with Gasteiger partial charge in [0.25, 0.3) is 0 Å². The summed E-state index contributed by atoms with van der Waals surface area (Å²) in [6, 6.07) is 6.61. The zero-order chi connectivity index (χ0) is 12.1. The third-order valence-electron chi connectivity index (χ3n) is 1.88. The Labute approximate surface area is 94.4 Å². The molecule has 0 bridgehead atoms. The summed E-state index contributed by atoms with van der Waals surface area (Å²) in [5.41, 5.74) is 0.776. The molecule has 0 aliphatic heterocycles. The van der Waals surface area contributed by atoms with E-state index in [0.29, 0.717) is 16.9 Å². The van der Waals surface area contributed by atoms with Gasteiger partial charge in [0.1, 0.15) is 11.3 Å². The molecule has 0 fully saturated rings. The molecule has 0 aliphatic rings. The Hall–Kier alpha value is -2.02. The average molecular weight is 219 g/mol. The van der Waals surface area contributed by atoms with E-state index in [1.807, 2.05) is 19.9 Å². The summed E-state index contributed by atoms with van der Waals surface area (Å²) in [6.07, 6.45) is -0.0719. The van der Waals surface area contributed by atoms with Gasteiger partial charge in [-0.2, -0.15) is 5.26 Å². The van der Waals surface area contributed by atoms with E-state index in [-0.39, 0.29) is 6.10 Å². The van der Waals surface area contributed by atoms with E-state index in [9.17, 15) is 4.79 Å². The van der Waals surface area contributed by atoms with Crippen LogP contribution in [0.3, 0.4) is 0 Å². The number of nitrogens with zero attached hydrogens (tertiary/aromatic N) is 1. The molecule has 4 heteroatoms. The highest BCUT2D eigenvalue weighted by atomic mass is 16.5. The van der Waals surface area contributed by atoms with Crippen LogP contribution in [-0.4, -0.2) is 19.2 Å². The van der Waals surface area contributed by atoms with Crippen molar-refractivity contribution < 1.29 is 14.3 Å². The van der Waals surface area contributed by atoms with Gasteiger partial charge in [0.2, 0.25) is 0 Å². The molecule has 1 aromatic rings. The van der Waals surface area contributed by atoms with Crippen molar-refractivity contribution in [3.63, 3.8) is 0 Å². The standard InChI is InChI=1S/C12H13NO3/c1-8(2)16-11-6-9(7-13)4-5-10(11)12(14)15-3/h4-6,8H,1-3H3. The summed E-state index contributed by atoms with van der Waals surface area (Å²) < 4.78 is 10.1. The number of hydrogen-bond acceptors (Lipinski definition) is 4. The topological polar surface area (TPSA) is 59.3 Å². The summed E-state index contributed by atoms with van der Waals surface area (Å²) in [5, 5.41) is 8.76. The van der Waals surface area contributed by atoms with Gasteiger partial charge in [-0.15, -0.1) is 0 Å². The van der Waals surface area contributed by atoms with Gasteiger partial charge in [0, 0.05) is 0 Å². The molecule has 16 heavy (non-hydrogen) atoms. The lowest BCUT2D eigenvalue weighted by molar-refractivity contribution is 0.0594. The SMILES string of the molecule is COC(=O)c1ccc(C#N)cc1OC(C)C. The predicted molar refractivity (Wildman–Crippen MR) is 58.3 cm³/mol. The molecular formula is C12H13NO3. The second kappa shape index (κ2) is 5.17. The third kappa shape index (κ3) is 2.74. The number of rotatable bonds is 3. The van der Waals surface area contributed by atoms with Crippen LogP contribution in [0.15, 0.2) is 18.2 Å². The van der Waals surface area contributed by atoms with Crippen LogP contribution in [0.2, 0.25) is 0 Å². The van der Waals surface area contributed by atoms with Gasteiger partial charge in [-0.3, -0.25) is 0 Å². The quantitative estimate of drug-likeness (QED) is 0.731. The van der Waals surface area contributed by atoms with E-state index in [4.69, 9.17) is 10.00 Å². The normalized spacial score (nSPS) is 9.69. The van der Waals surface area contributed by atoms with E-state index in [1.165, 1.54) is 19.2 Å². The zero-order valence-electron chi connectivity index (χ0n) is 9.48. The Bertz CT molecular complexity index is 432. The minimum Gasteiger partial charge on any atom is -0.490 e. The lowest BCUT2D eigenvalue weighted by Gasteiger charge is -2.13. The monoisotopic (exact) mass is 219 g/mol. The van der Waals surface area contributed by atoms with E-state index >= 15 is 0 Å². The lowest BCUT2D eigenvalue weighted by atomic mass is 10.1. The van der Waals surface area contributed by atoms with Crippen molar-refractivity contribution in [2.45, 2.75) is 20.0 Å². The maximum absolute atomic E-state index is 11.4. The molecule has 1 aromatic carbocycles. The number of carbonyl (C=O) groups excluding carboxylic acids is 1. The van der Waals surface area contributed by atoms with Crippen molar-refractivity contribution >= 4 is 5.97 Å². The first kappa shape index (κ1) is 12.1. The molecule has 1 rings (SSSR count). The van der Waals surface area contributed by atoms with Gasteiger partial charge < -0.3 is 9.47 Å². The maximum atomic E-state index is 11.4. The Balaban J connectivity index is 3.17. The molecule has 0 saturated carbocycles. The van der Waals surface area contributed by atoms with Crippen molar-refractivity contribution in [3.05, 3.63) is 29.3 Å². The van der Waals surface area contributed by atoms with Crippen LogP contribution in [0.25, 0.3) is 0 Å². The smallest absolute Gasteiger partial charge is 0.341 e. The molecule has 0 amide bonds. The molecule has 0 heterocycles. The van der Waals surface area contributed by atoms with Crippen LogP contribution in [0.4, 0.5) is 0 Å². The minimum absolute atomic E-state index is 0.0719. The predicted octanol–water partition coefficient (Wildman–Crippen LogP) is 2.13. The zero-order valence-corrected chi connectivity index (χ0v) is 9.48. The van der Waals surface area contributed by atoms with Crippen LogP contribution in [0.1, 0.15) is 29.8 Å². The maximum Gasteiger partial charge on any atom is 0.341 e. The van der Waals surface area contributed by atoms with Crippen molar-refractivity contribution in [2.75, 3.05) is 7.11 Å². The summed E-state index contributed by atoms with van der Waals surface area (Å²) in [5.74, 6) is -0.0963. The van der Waals surface area contributed by atoms with E-state index in [2.05, 4.69) is 4.74 Å². The highest BCUT2D eigenvalue weighted by molar-refractivity contribution is 5.92. The minimum atomic E-state index is -0.472. The highest BCUT2D eigenvalue weighted by Gasteiger charge is 2.14. The fraction of sp³-hybridized carbons (Fsp3) is 0.333.